The molecule has 0 aliphatic carbocycles. The molecule has 1 rings (SSSR count). The van der Waals surface area contributed by atoms with Gasteiger partial charge >= 0.3 is 17.9 Å². The average molecular weight is 347 g/mol. The van der Waals surface area contributed by atoms with Gasteiger partial charge in [-0.25, -0.2) is 9.59 Å². The molecule has 5 atom stereocenters. The number of hydrogen-bond acceptors (Lipinski definition) is 8. The molecular weight excluding hydrogens is 318 g/mol. The molecule has 0 aromatic rings. The van der Waals surface area contributed by atoms with E-state index in [0.29, 0.717) is 0 Å². The number of carboxylic acids is 1. The van der Waals surface area contributed by atoms with Crippen LogP contribution in [0.25, 0.3) is 0 Å². The number of carbonyl (C=O) groups excluding carboxylic acids is 2. The normalized spacial score (nSPS) is 21.7. The van der Waals surface area contributed by atoms with E-state index in [2.05, 4.69) is 5.32 Å². The number of hydrogen-bond donors (Lipinski definition) is 5. The Hall–Kier alpha value is -1.55. The van der Waals surface area contributed by atoms with E-state index in [9.17, 15) is 14.4 Å². The van der Waals surface area contributed by atoms with Crippen molar-refractivity contribution in [1.82, 2.24) is 5.32 Å². The van der Waals surface area contributed by atoms with Gasteiger partial charge in [0.15, 0.2) is 0 Å². The highest BCUT2D eigenvalue weighted by Crippen LogP contribution is 2.10. The second-order valence-electron chi connectivity index (χ2n) is 5.91. The molecule has 24 heavy (non-hydrogen) atoms. The molecule has 0 aromatic carbocycles. The van der Waals surface area contributed by atoms with Crippen molar-refractivity contribution >= 4 is 17.9 Å². The smallest absolute Gasteiger partial charge is 0.330 e. The van der Waals surface area contributed by atoms with Crippen molar-refractivity contribution in [1.29, 1.82) is 0 Å². The summed E-state index contributed by atoms with van der Waals surface area (Å²) >= 11 is 0. The second kappa shape index (κ2) is 11.1. The van der Waals surface area contributed by atoms with Gasteiger partial charge in [0, 0.05) is 0 Å². The summed E-state index contributed by atoms with van der Waals surface area (Å²) in [6.45, 7) is 5.94. The molecule has 0 bridgehead atoms. The molecule has 9 nitrogen and oxygen atoms in total. The SMILES string of the molecule is CC[C@H](C)[C@H](N)C(=O)OC(=O)[C@@H]1CCCN1.C[C@@H](O)[C@H](N)C(=O)O. The average Bonchev–Trinajstić information content (AvgIpc) is 3.07. The Kier molecular flexibility index (Phi) is 10.4. The summed E-state index contributed by atoms with van der Waals surface area (Å²) in [7, 11) is 0. The Labute approximate surface area is 141 Å². The van der Waals surface area contributed by atoms with Crippen molar-refractivity contribution in [3.8, 4) is 0 Å². The number of carbonyl (C=O) groups is 3. The third-order valence-electron chi connectivity index (χ3n) is 3.88. The van der Waals surface area contributed by atoms with E-state index in [0.717, 1.165) is 25.8 Å². The number of carboxylic acid groups (broad SMARTS) is 1. The molecule has 0 saturated carbocycles. The maximum atomic E-state index is 11.5. The Morgan fingerprint density at radius 2 is 1.83 bits per heavy atom. The van der Waals surface area contributed by atoms with Gasteiger partial charge in [-0.3, -0.25) is 4.79 Å². The lowest BCUT2D eigenvalue weighted by Crippen LogP contribution is -2.42. The lowest BCUT2D eigenvalue weighted by molar-refractivity contribution is -0.162. The van der Waals surface area contributed by atoms with Crippen molar-refractivity contribution in [3.05, 3.63) is 0 Å². The zero-order chi connectivity index (χ0) is 18.9. The minimum absolute atomic E-state index is 0.0248. The summed E-state index contributed by atoms with van der Waals surface area (Å²) < 4.78 is 4.75. The van der Waals surface area contributed by atoms with E-state index >= 15 is 0 Å². The number of rotatable bonds is 6. The Balaban J connectivity index is 0.000000561. The Morgan fingerprint density at radius 3 is 2.17 bits per heavy atom. The molecule has 0 unspecified atom stereocenters. The molecule has 140 valence electrons. The fourth-order valence-electron chi connectivity index (χ4n) is 1.82. The van der Waals surface area contributed by atoms with Gasteiger partial charge in [0.2, 0.25) is 0 Å². The molecule has 1 heterocycles. The first-order valence-corrected chi connectivity index (χ1v) is 8.02. The summed E-state index contributed by atoms with van der Waals surface area (Å²) in [6.07, 6.45) is 1.47. The van der Waals surface area contributed by atoms with Crippen molar-refractivity contribution < 1.29 is 29.3 Å². The molecule has 1 aliphatic rings. The van der Waals surface area contributed by atoms with Crippen LogP contribution in [0.15, 0.2) is 0 Å². The standard InChI is InChI=1S/C11H20N2O3.C4H9NO3/c1-3-7(2)9(12)11(15)16-10(14)8-5-4-6-13-8;1-2(6)3(5)4(7)8/h7-9,13H,3-6,12H2,1-2H3;2-3,6H,5H2,1H3,(H,7,8)/t7-,8-,9-;2-,3+/m01/s1. The summed E-state index contributed by atoms with van der Waals surface area (Å²) in [5.74, 6) is -2.27. The molecular formula is C15H29N3O6. The van der Waals surface area contributed by atoms with Crippen LogP contribution in [0.4, 0.5) is 0 Å². The fraction of sp³-hybridized carbons (Fsp3) is 0.800. The van der Waals surface area contributed by atoms with Crippen LogP contribution in [0.2, 0.25) is 0 Å². The highest BCUT2D eigenvalue weighted by molar-refractivity contribution is 5.91. The van der Waals surface area contributed by atoms with Gasteiger partial charge in [0.1, 0.15) is 18.1 Å². The number of nitrogens with one attached hydrogen (secondary N) is 1. The number of aliphatic hydroxyl groups excluding tert-OH is 1. The van der Waals surface area contributed by atoms with Gasteiger partial charge in [0.25, 0.3) is 0 Å². The van der Waals surface area contributed by atoms with E-state index in [1.54, 1.807) is 0 Å². The van der Waals surface area contributed by atoms with Gasteiger partial charge in [-0.15, -0.1) is 0 Å². The van der Waals surface area contributed by atoms with Crippen molar-refractivity contribution in [2.45, 2.75) is 64.3 Å². The summed E-state index contributed by atoms with van der Waals surface area (Å²) in [4.78, 5) is 32.9. The summed E-state index contributed by atoms with van der Waals surface area (Å²) in [5.41, 5.74) is 10.6. The molecule has 0 aromatic heterocycles. The molecule has 0 spiro atoms. The predicted octanol–water partition coefficient (Wildman–Crippen LogP) is -1.04. The van der Waals surface area contributed by atoms with Crippen LogP contribution in [0.3, 0.4) is 0 Å². The molecule has 1 aliphatic heterocycles. The molecule has 0 amide bonds. The Bertz CT molecular complexity index is 423. The van der Waals surface area contributed by atoms with Crippen molar-refractivity contribution in [2.75, 3.05) is 6.54 Å². The van der Waals surface area contributed by atoms with Gasteiger partial charge in [-0.05, 0) is 32.2 Å². The minimum atomic E-state index is -1.18. The van der Waals surface area contributed by atoms with Crippen LogP contribution in [0.1, 0.15) is 40.0 Å². The van der Waals surface area contributed by atoms with Crippen LogP contribution in [0.5, 0.6) is 0 Å². The zero-order valence-corrected chi connectivity index (χ0v) is 14.4. The fourth-order valence-corrected chi connectivity index (χ4v) is 1.82. The molecule has 9 heteroatoms. The highest BCUT2D eigenvalue weighted by atomic mass is 16.6. The topological polar surface area (TPSA) is 165 Å². The van der Waals surface area contributed by atoms with Crippen LogP contribution in [0, 0.1) is 5.92 Å². The molecule has 0 radical (unpaired) electrons. The largest absolute Gasteiger partial charge is 0.480 e. The van der Waals surface area contributed by atoms with Crippen LogP contribution in [-0.4, -0.2) is 58.9 Å². The van der Waals surface area contributed by atoms with E-state index in [-0.39, 0.29) is 12.0 Å². The number of aliphatic carboxylic acids is 1. The number of ether oxygens (including phenoxy) is 1. The van der Waals surface area contributed by atoms with Gasteiger partial charge in [-0.2, -0.15) is 0 Å². The molecule has 7 N–H and O–H groups in total. The van der Waals surface area contributed by atoms with Gasteiger partial charge in [0.05, 0.1) is 6.10 Å². The minimum Gasteiger partial charge on any atom is -0.480 e. The van der Waals surface area contributed by atoms with Crippen LogP contribution < -0.4 is 16.8 Å². The molecule has 1 fully saturated rings. The summed E-state index contributed by atoms with van der Waals surface area (Å²) in [6, 6.07) is -2.21. The van der Waals surface area contributed by atoms with Crippen LogP contribution in [-0.2, 0) is 19.1 Å². The van der Waals surface area contributed by atoms with Gasteiger partial charge < -0.3 is 31.7 Å². The third-order valence-corrected chi connectivity index (χ3v) is 3.88. The number of esters is 2. The van der Waals surface area contributed by atoms with E-state index in [1.807, 2.05) is 13.8 Å². The number of aliphatic hydroxyl groups is 1. The van der Waals surface area contributed by atoms with Crippen LogP contribution >= 0.6 is 0 Å². The second-order valence-corrected chi connectivity index (χ2v) is 5.91. The molecule has 1 saturated heterocycles. The third kappa shape index (κ3) is 7.82. The lowest BCUT2D eigenvalue weighted by atomic mass is 10.0. The van der Waals surface area contributed by atoms with E-state index in [1.165, 1.54) is 6.92 Å². The first kappa shape index (κ1) is 22.4. The monoisotopic (exact) mass is 347 g/mol. The van der Waals surface area contributed by atoms with E-state index < -0.39 is 36.1 Å². The maximum absolute atomic E-state index is 11.5. The predicted molar refractivity (Wildman–Crippen MR) is 86.8 cm³/mol. The zero-order valence-electron chi connectivity index (χ0n) is 14.4. The van der Waals surface area contributed by atoms with Crippen molar-refractivity contribution in [3.63, 3.8) is 0 Å². The summed E-state index contributed by atoms with van der Waals surface area (Å²) in [5, 5.41) is 19.5. The first-order chi connectivity index (χ1) is 11.1. The lowest BCUT2D eigenvalue weighted by Gasteiger charge is -2.17. The maximum Gasteiger partial charge on any atom is 0.330 e. The first-order valence-electron chi connectivity index (χ1n) is 8.02. The highest BCUT2D eigenvalue weighted by Gasteiger charge is 2.29. The quantitative estimate of drug-likeness (QED) is 0.298. The van der Waals surface area contributed by atoms with E-state index in [4.69, 9.17) is 26.4 Å². The van der Waals surface area contributed by atoms with Gasteiger partial charge in [-0.1, -0.05) is 20.3 Å². The Morgan fingerprint density at radius 1 is 1.25 bits per heavy atom. The number of nitrogens with two attached hydrogens (primary N) is 2. The van der Waals surface area contributed by atoms with Crippen molar-refractivity contribution in [2.24, 2.45) is 17.4 Å².